The molecule has 1 heterocycles. The molecule has 20 heavy (non-hydrogen) atoms. The van der Waals surface area contributed by atoms with Crippen molar-refractivity contribution in [3.63, 3.8) is 0 Å². The maximum atomic E-state index is 11.7. The molecule has 0 aliphatic heterocycles. The zero-order chi connectivity index (χ0) is 13.7. The van der Waals surface area contributed by atoms with Crippen molar-refractivity contribution in [2.75, 3.05) is 7.11 Å². The van der Waals surface area contributed by atoms with Crippen LogP contribution in [0.4, 0.5) is 0 Å². The highest BCUT2D eigenvalue weighted by Crippen LogP contribution is 2.40. The fourth-order valence-electron chi connectivity index (χ4n) is 3.22. The van der Waals surface area contributed by atoms with Gasteiger partial charge in [0.15, 0.2) is 0 Å². The van der Waals surface area contributed by atoms with E-state index in [1.165, 1.54) is 47.5 Å². The fourth-order valence-corrected chi connectivity index (χ4v) is 3.22. The Bertz CT molecular complexity index is 703. The second-order valence-electron chi connectivity index (χ2n) is 5.98. The van der Waals surface area contributed by atoms with Crippen molar-refractivity contribution < 1.29 is 9.53 Å². The van der Waals surface area contributed by atoms with Gasteiger partial charge in [-0.2, -0.15) is 0 Å². The predicted octanol–water partition coefficient (Wildman–Crippen LogP) is 3.00. The summed E-state index contributed by atoms with van der Waals surface area (Å²) in [7, 11) is 1.47. The third-order valence-corrected chi connectivity index (χ3v) is 4.52. The van der Waals surface area contributed by atoms with E-state index >= 15 is 0 Å². The summed E-state index contributed by atoms with van der Waals surface area (Å²) in [5, 5.41) is 2.44. The third-order valence-electron chi connectivity index (χ3n) is 4.52. The average Bonchev–Trinajstić information content (AvgIpc) is 3.23. The molecule has 0 bridgehead atoms. The summed E-state index contributed by atoms with van der Waals surface area (Å²) in [6.45, 7) is 0. The number of benzene rings is 1. The van der Waals surface area contributed by atoms with E-state index in [0.29, 0.717) is 5.92 Å². The molecule has 1 aromatic heterocycles. The highest BCUT2D eigenvalue weighted by molar-refractivity contribution is 5.85. The first kappa shape index (κ1) is 11.9. The number of rotatable bonds is 2. The predicted molar refractivity (Wildman–Crippen MR) is 76.6 cm³/mol. The highest BCUT2D eigenvalue weighted by Gasteiger charge is 2.29. The van der Waals surface area contributed by atoms with Crippen LogP contribution in [0.5, 0.6) is 0 Å². The first-order valence-electron chi connectivity index (χ1n) is 7.24. The van der Waals surface area contributed by atoms with Gasteiger partial charge in [0.1, 0.15) is 0 Å². The number of hydrogen-bond donors (Lipinski definition) is 0. The molecule has 1 aromatic carbocycles. The number of methoxy groups -OCH3 is 1. The molecule has 2 aromatic rings. The van der Waals surface area contributed by atoms with Crippen LogP contribution in [0, 0.1) is 5.92 Å². The molecule has 2 aliphatic rings. The number of hydrogen-bond acceptors (Lipinski definition) is 3. The largest absolute Gasteiger partial charge is 0.469 e. The summed E-state index contributed by atoms with van der Waals surface area (Å²) < 4.78 is 4.87. The van der Waals surface area contributed by atoms with Gasteiger partial charge in [0.2, 0.25) is 0 Å². The van der Waals surface area contributed by atoms with Crippen LogP contribution in [0.2, 0.25) is 0 Å². The Morgan fingerprint density at radius 1 is 1.15 bits per heavy atom. The van der Waals surface area contributed by atoms with E-state index in [1.54, 1.807) is 0 Å². The number of aromatic nitrogens is 1. The van der Waals surface area contributed by atoms with Gasteiger partial charge in [0.25, 0.3) is 0 Å². The topological polar surface area (TPSA) is 39.2 Å². The molecule has 4 rings (SSSR count). The van der Waals surface area contributed by atoms with Crippen LogP contribution in [0.3, 0.4) is 0 Å². The van der Waals surface area contributed by atoms with Crippen molar-refractivity contribution in [3.8, 4) is 0 Å². The van der Waals surface area contributed by atoms with Gasteiger partial charge in [0.05, 0.1) is 13.0 Å². The standard InChI is InChI=1S/C17H17NO2/c1-20-17(19)14-5-11-4-13-8-16(10-2-3-10)18-9-15(13)7-12(11)6-14/h4,7-10,14H,2-3,5-6H2,1H3. The van der Waals surface area contributed by atoms with E-state index in [1.807, 2.05) is 6.20 Å². The lowest BCUT2D eigenvalue weighted by atomic mass is 10.0. The minimum absolute atomic E-state index is 0.0114. The summed E-state index contributed by atoms with van der Waals surface area (Å²) in [6.07, 6.45) is 6.12. The van der Waals surface area contributed by atoms with Crippen LogP contribution in [0.15, 0.2) is 24.4 Å². The van der Waals surface area contributed by atoms with E-state index in [2.05, 4.69) is 23.2 Å². The van der Waals surface area contributed by atoms with Gasteiger partial charge in [-0.3, -0.25) is 9.78 Å². The van der Waals surface area contributed by atoms with Gasteiger partial charge in [-0.1, -0.05) is 6.07 Å². The van der Waals surface area contributed by atoms with Crippen molar-refractivity contribution >= 4 is 16.7 Å². The molecule has 0 amide bonds. The zero-order valence-electron chi connectivity index (χ0n) is 11.6. The molecule has 1 unspecified atom stereocenters. The van der Waals surface area contributed by atoms with Crippen LogP contribution in [-0.2, 0) is 22.4 Å². The zero-order valence-corrected chi connectivity index (χ0v) is 11.6. The number of esters is 1. The molecule has 3 nitrogen and oxygen atoms in total. The Morgan fingerprint density at radius 2 is 1.85 bits per heavy atom. The van der Waals surface area contributed by atoms with Gasteiger partial charge in [-0.05, 0) is 54.3 Å². The van der Waals surface area contributed by atoms with E-state index in [4.69, 9.17) is 4.74 Å². The lowest BCUT2D eigenvalue weighted by Crippen LogP contribution is -2.15. The number of fused-ring (bicyclic) bond motifs is 2. The van der Waals surface area contributed by atoms with E-state index in [-0.39, 0.29) is 11.9 Å². The quantitative estimate of drug-likeness (QED) is 0.785. The van der Waals surface area contributed by atoms with Crippen LogP contribution >= 0.6 is 0 Å². The molecule has 2 aliphatic carbocycles. The second kappa shape index (κ2) is 4.30. The molecule has 1 fully saturated rings. The minimum atomic E-state index is -0.0953. The van der Waals surface area contributed by atoms with Gasteiger partial charge in [0, 0.05) is 23.2 Å². The number of carbonyl (C=O) groups excluding carboxylic acids is 1. The van der Waals surface area contributed by atoms with E-state index in [0.717, 1.165) is 12.8 Å². The maximum Gasteiger partial charge on any atom is 0.309 e. The minimum Gasteiger partial charge on any atom is -0.469 e. The summed E-state index contributed by atoms with van der Waals surface area (Å²) in [6, 6.07) is 6.65. The van der Waals surface area contributed by atoms with Gasteiger partial charge >= 0.3 is 5.97 Å². The fraction of sp³-hybridized carbons (Fsp3) is 0.412. The van der Waals surface area contributed by atoms with E-state index in [9.17, 15) is 4.79 Å². The molecule has 3 heteroatoms. The molecule has 0 spiro atoms. The van der Waals surface area contributed by atoms with Crippen molar-refractivity contribution in [1.29, 1.82) is 0 Å². The van der Waals surface area contributed by atoms with Gasteiger partial charge < -0.3 is 4.74 Å². The summed E-state index contributed by atoms with van der Waals surface area (Å²) in [5.41, 5.74) is 3.79. The molecule has 1 atom stereocenters. The Kier molecular flexibility index (Phi) is 2.56. The molecule has 0 N–H and O–H groups in total. The molecule has 0 radical (unpaired) electrons. The first-order valence-corrected chi connectivity index (χ1v) is 7.24. The molecule has 0 saturated heterocycles. The van der Waals surface area contributed by atoms with E-state index < -0.39 is 0 Å². The Labute approximate surface area is 118 Å². The maximum absolute atomic E-state index is 11.7. The normalized spacial score (nSPS) is 20.9. The summed E-state index contributed by atoms with van der Waals surface area (Å²) >= 11 is 0. The van der Waals surface area contributed by atoms with Crippen LogP contribution in [0.25, 0.3) is 10.8 Å². The highest BCUT2D eigenvalue weighted by atomic mass is 16.5. The SMILES string of the molecule is COC(=O)C1Cc2cc3cnc(C4CC4)cc3cc2C1. The van der Waals surface area contributed by atoms with Crippen LogP contribution in [0.1, 0.15) is 35.6 Å². The molecular weight excluding hydrogens is 250 g/mol. The Hall–Kier alpha value is -1.90. The van der Waals surface area contributed by atoms with Crippen LogP contribution in [-0.4, -0.2) is 18.1 Å². The van der Waals surface area contributed by atoms with Gasteiger partial charge in [-0.25, -0.2) is 0 Å². The number of ether oxygens (including phenoxy) is 1. The molecular formula is C17H17NO2. The number of pyridine rings is 1. The molecule has 1 saturated carbocycles. The molecule has 102 valence electrons. The first-order chi connectivity index (χ1) is 9.74. The third kappa shape index (κ3) is 1.89. The number of nitrogens with zero attached hydrogens (tertiary/aromatic N) is 1. The smallest absolute Gasteiger partial charge is 0.309 e. The van der Waals surface area contributed by atoms with Crippen molar-refractivity contribution in [2.24, 2.45) is 5.92 Å². The Morgan fingerprint density at radius 3 is 2.50 bits per heavy atom. The monoisotopic (exact) mass is 267 g/mol. The van der Waals surface area contributed by atoms with Crippen molar-refractivity contribution in [3.05, 3.63) is 41.2 Å². The van der Waals surface area contributed by atoms with Crippen molar-refractivity contribution in [2.45, 2.75) is 31.6 Å². The Balaban J connectivity index is 1.73. The lowest BCUT2D eigenvalue weighted by Gasteiger charge is -2.05. The summed E-state index contributed by atoms with van der Waals surface area (Å²) in [4.78, 5) is 16.3. The summed E-state index contributed by atoms with van der Waals surface area (Å²) in [5.74, 6) is 0.570. The average molecular weight is 267 g/mol. The van der Waals surface area contributed by atoms with Crippen molar-refractivity contribution in [1.82, 2.24) is 4.98 Å². The number of carbonyl (C=O) groups is 1. The van der Waals surface area contributed by atoms with Gasteiger partial charge in [-0.15, -0.1) is 0 Å². The lowest BCUT2D eigenvalue weighted by molar-refractivity contribution is -0.145. The second-order valence-corrected chi connectivity index (χ2v) is 5.98. The van der Waals surface area contributed by atoms with Crippen LogP contribution < -0.4 is 0 Å².